The quantitative estimate of drug-likeness (QED) is 0.615. The zero-order valence-electron chi connectivity index (χ0n) is 7.84. The predicted molar refractivity (Wildman–Crippen MR) is 50.3 cm³/mol. The molecule has 0 radical (unpaired) electrons. The summed E-state index contributed by atoms with van der Waals surface area (Å²) in [6.45, 7) is 5.03. The van der Waals surface area contributed by atoms with Gasteiger partial charge >= 0.3 is 0 Å². The van der Waals surface area contributed by atoms with E-state index in [0.717, 1.165) is 0 Å². The first-order valence-electron chi connectivity index (χ1n) is 4.71. The van der Waals surface area contributed by atoms with Crippen molar-refractivity contribution in [3.63, 3.8) is 0 Å². The van der Waals surface area contributed by atoms with Crippen LogP contribution in [0.1, 0.15) is 39.5 Å². The van der Waals surface area contributed by atoms with Crippen LogP contribution in [0.2, 0.25) is 0 Å². The molecule has 0 heterocycles. The Morgan fingerprint density at radius 3 is 1.82 bits per heavy atom. The monoisotopic (exact) mass is 158 g/mol. The third-order valence-corrected chi connectivity index (χ3v) is 2.20. The lowest BCUT2D eigenvalue weighted by Gasteiger charge is -2.21. The smallest absolute Gasteiger partial charge is 0.0191 e. The van der Waals surface area contributed by atoms with Crippen molar-refractivity contribution in [3.05, 3.63) is 0 Å². The summed E-state index contributed by atoms with van der Waals surface area (Å²) >= 11 is 0. The summed E-state index contributed by atoms with van der Waals surface area (Å²) < 4.78 is 0. The van der Waals surface area contributed by atoms with Gasteiger partial charge in [0.25, 0.3) is 0 Å². The Balaban J connectivity index is 3.66. The Hall–Kier alpha value is -0.0800. The van der Waals surface area contributed by atoms with Crippen molar-refractivity contribution in [2.45, 2.75) is 45.6 Å². The summed E-state index contributed by atoms with van der Waals surface area (Å²) in [6, 6.07) is 0.217. The van der Waals surface area contributed by atoms with Crippen LogP contribution in [0, 0.1) is 5.92 Å². The number of hydrogen-bond donors (Lipinski definition) is 2. The molecule has 1 unspecified atom stereocenters. The van der Waals surface area contributed by atoms with Gasteiger partial charge in [0.2, 0.25) is 0 Å². The van der Waals surface area contributed by atoms with Gasteiger partial charge in [-0.1, -0.05) is 26.7 Å². The van der Waals surface area contributed by atoms with Crippen LogP contribution in [0.25, 0.3) is 0 Å². The van der Waals surface area contributed by atoms with E-state index in [1.807, 2.05) is 0 Å². The molecule has 0 spiro atoms. The highest BCUT2D eigenvalue weighted by Crippen LogP contribution is 2.15. The van der Waals surface area contributed by atoms with Crippen molar-refractivity contribution in [1.29, 1.82) is 0 Å². The molecule has 0 fully saturated rings. The molecule has 0 aromatic carbocycles. The van der Waals surface area contributed by atoms with Crippen LogP contribution in [0.5, 0.6) is 0 Å². The molecule has 0 aromatic rings. The Bertz CT molecular complexity index is 77.6. The first-order valence-corrected chi connectivity index (χ1v) is 4.71. The van der Waals surface area contributed by atoms with E-state index >= 15 is 0 Å². The standard InChI is InChI=1S/C9H22N2/c1-3-5-8(6-4-2)9(11)7-10/h8-9H,3-7,10-11H2,1-2H3. The lowest BCUT2D eigenvalue weighted by atomic mass is 9.91. The SMILES string of the molecule is CCCC(CCC)C(N)CN. The van der Waals surface area contributed by atoms with Crippen LogP contribution in [-0.4, -0.2) is 12.6 Å². The Morgan fingerprint density at radius 1 is 1.09 bits per heavy atom. The number of nitrogens with two attached hydrogens (primary N) is 2. The van der Waals surface area contributed by atoms with Gasteiger partial charge in [0.15, 0.2) is 0 Å². The topological polar surface area (TPSA) is 52.0 Å². The average molecular weight is 158 g/mol. The van der Waals surface area contributed by atoms with Crippen molar-refractivity contribution in [2.24, 2.45) is 17.4 Å². The van der Waals surface area contributed by atoms with E-state index in [2.05, 4.69) is 13.8 Å². The van der Waals surface area contributed by atoms with Gasteiger partial charge in [-0.25, -0.2) is 0 Å². The molecule has 2 nitrogen and oxygen atoms in total. The summed E-state index contributed by atoms with van der Waals surface area (Å²) in [4.78, 5) is 0. The fraction of sp³-hybridized carbons (Fsp3) is 1.00. The molecule has 68 valence electrons. The molecule has 0 saturated carbocycles. The van der Waals surface area contributed by atoms with Gasteiger partial charge in [-0.15, -0.1) is 0 Å². The fourth-order valence-electron chi connectivity index (χ4n) is 1.51. The Labute approximate surface area is 70.3 Å². The minimum absolute atomic E-state index is 0.217. The second-order valence-electron chi connectivity index (χ2n) is 3.24. The van der Waals surface area contributed by atoms with Crippen LogP contribution in [0.3, 0.4) is 0 Å². The molecule has 0 amide bonds. The van der Waals surface area contributed by atoms with Crippen molar-refractivity contribution in [3.8, 4) is 0 Å². The lowest BCUT2D eigenvalue weighted by molar-refractivity contribution is 0.366. The zero-order chi connectivity index (χ0) is 8.69. The molecular formula is C9H22N2. The van der Waals surface area contributed by atoms with E-state index in [4.69, 9.17) is 11.5 Å². The van der Waals surface area contributed by atoms with Gasteiger partial charge in [-0.2, -0.15) is 0 Å². The van der Waals surface area contributed by atoms with Gasteiger partial charge in [0, 0.05) is 12.6 Å². The summed E-state index contributed by atoms with van der Waals surface area (Å²) in [5, 5.41) is 0. The van der Waals surface area contributed by atoms with E-state index in [9.17, 15) is 0 Å². The van der Waals surface area contributed by atoms with E-state index in [-0.39, 0.29) is 6.04 Å². The summed E-state index contributed by atoms with van der Waals surface area (Å²) in [5.41, 5.74) is 11.4. The predicted octanol–water partition coefficient (Wildman–Crippen LogP) is 1.49. The first-order chi connectivity index (χ1) is 5.26. The summed E-state index contributed by atoms with van der Waals surface area (Å²) in [6.07, 6.45) is 4.90. The Morgan fingerprint density at radius 2 is 1.55 bits per heavy atom. The minimum atomic E-state index is 0.217. The molecule has 2 heteroatoms. The van der Waals surface area contributed by atoms with E-state index in [1.54, 1.807) is 0 Å². The highest BCUT2D eigenvalue weighted by Gasteiger charge is 2.13. The first kappa shape index (κ1) is 10.9. The Kier molecular flexibility index (Phi) is 6.57. The zero-order valence-corrected chi connectivity index (χ0v) is 7.84. The largest absolute Gasteiger partial charge is 0.329 e. The van der Waals surface area contributed by atoms with Crippen molar-refractivity contribution < 1.29 is 0 Å². The van der Waals surface area contributed by atoms with Gasteiger partial charge in [0.05, 0.1) is 0 Å². The highest BCUT2D eigenvalue weighted by atomic mass is 14.7. The molecule has 0 aromatic heterocycles. The van der Waals surface area contributed by atoms with E-state index < -0.39 is 0 Å². The number of hydrogen-bond acceptors (Lipinski definition) is 2. The van der Waals surface area contributed by atoms with E-state index in [0.29, 0.717) is 12.5 Å². The highest BCUT2D eigenvalue weighted by molar-refractivity contribution is 4.72. The molecule has 0 rings (SSSR count). The van der Waals surface area contributed by atoms with Crippen molar-refractivity contribution in [2.75, 3.05) is 6.54 Å². The second kappa shape index (κ2) is 6.62. The second-order valence-corrected chi connectivity index (χ2v) is 3.24. The fourth-order valence-corrected chi connectivity index (χ4v) is 1.51. The van der Waals surface area contributed by atoms with Crippen LogP contribution in [0.4, 0.5) is 0 Å². The van der Waals surface area contributed by atoms with Gasteiger partial charge < -0.3 is 11.5 Å². The van der Waals surface area contributed by atoms with Crippen molar-refractivity contribution >= 4 is 0 Å². The lowest BCUT2D eigenvalue weighted by Crippen LogP contribution is -2.37. The molecule has 0 aliphatic heterocycles. The molecule has 4 N–H and O–H groups in total. The molecule has 0 saturated heterocycles. The van der Waals surface area contributed by atoms with Gasteiger partial charge in [-0.3, -0.25) is 0 Å². The summed E-state index contributed by atoms with van der Waals surface area (Å²) in [5.74, 6) is 0.648. The van der Waals surface area contributed by atoms with Crippen LogP contribution in [-0.2, 0) is 0 Å². The third-order valence-electron chi connectivity index (χ3n) is 2.20. The van der Waals surface area contributed by atoms with Gasteiger partial charge in [-0.05, 0) is 18.8 Å². The minimum Gasteiger partial charge on any atom is -0.329 e. The molecule has 0 bridgehead atoms. The maximum absolute atomic E-state index is 5.86. The number of rotatable bonds is 6. The molecule has 0 aliphatic carbocycles. The maximum atomic E-state index is 5.86. The molecular weight excluding hydrogens is 136 g/mol. The van der Waals surface area contributed by atoms with Gasteiger partial charge in [0.1, 0.15) is 0 Å². The summed E-state index contributed by atoms with van der Waals surface area (Å²) in [7, 11) is 0. The molecule has 0 aliphatic rings. The van der Waals surface area contributed by atoms with Crippen LogP contribution in [0.15, 0.2) is 0 Å². The van der Waals surface area contributed by atoms with E-state index in [1.165, 1.54) is 25.7 Å². The maximum Gasteiger partial charge on any atom is 0.0191 e. The molecule has 1 atom stereocenters. The average Bonchev–Trinajstić information content (AvgIpc) is 2.03. The van der Waals surface area contributed by atoms with Crippen LogP contribution >= 0.6 is 0 Å². The third kappa shape index (κ3) is 4.38. The van der Waals surface area contributed by atoms with Crippen LogP contribution < -0.4 is 11.5 Å². The molecule has 11 heavy (non-hydrogen) atoms. The normalized spacial score (nSPS) is 13.9. The van der Waals surface area contributed by atoms with Crippen molar-refractivity contribution in [1.82, 2.24) is 0 Å².